The predicted molar refractivity (Wildman–Crippen MR) is 110 cm³/mol. The molecule has 4 nitrogen and oxygen atoms in total. The van der Waals surface area contributed by atoms with E-state index < -0.39 is 11.0 Å². The van der Waals surface area contributed by atoms with Gasteiger partial charge < -0.3 is 9.84 Å². The molecular weight excluding hydrogens is 441 g/mol. The Morgan fingerprint density at radius 3 is 2.81 bits per heavy atom. The molecule has 0 spiro atoms. The average molecular weight is 469 g/mol. The minimum absolute atomic E-state index is 0.0619. The molecule has 0 amide bonds. The van der Waals surface area contributed by atoms with Gasteiger partial charge in [-0.15, -0.1) is 0 Å². The van der Waals surface area contributed by atoms with Gasteiger partial charge in [0.2, 0.25) is 0 Å². The molecule has 142 valence electrons. The topological polar surface area (TPSA) is 49.8 Å². The van der Waals surface area contributed by atoms with Gasteiger partial charge in [-0.25, -0.2) is 0 Å². The number of carbonyl (C=O) groups is 1. The number of hydrogen-bond acceptors (Lipinski definition) is 4. The molecule has 3 atom stereocenters. The number of halogens is 1. The van der Waals surface area contributed by atoms with Crippen LogP contribution < -0.4 is 4.74 Å². The number of hydrogen-bond donors (Lipinski definition) is 1. The number of carbonyl (C=O) groups excluding carboxylic acids is 1. The number of benzene rings is 1. The van der Waals surface area contributed by atoms with Gasteiger partial charge in [-0.3, -0.25) is 9.69 Å². The highest BCUT2D eigenvalue weighted by atomic mass is 127. The van der Waals surface area contributed by atoms with Crippen LogP contribution in [0.25, 0.3) is 0 Å². The molecule has 0 aliphatic heterocycles. The summed E-state index contributed by atoms with van der Waals surface area (Å²) in [7, 11) is 3.83. The molecule has 3 aliphatic rings. The van der Waals surface area contributed by atoms with E-state index in [0.717, 1.165) is 34.6 Å². The maximum absolute atomic E-state index is 12.5. The molecule has 0 aromatic heterocycles. The van der Waals surface area contributed by atoms with Crippen molar-refractivity contribution in [1.29, 1.82) is 0 Å². The fourth-order valence-corrected chi connectivity index (χ4v) is 6.58. The summed E-state index contributed by atoms with van der Waals surface area (Å²) >= 11 is 2.37. The summed E-state index contributed by atoms with van der Waals surface area (Å²) < 4.78 is 6.20. The maximum Gasteiger partial charge on any atom is 0.134 e. The van der Waals surface area contributed by atoms with E-state index in [1.807, 2.05) is 6.07 Å². The summed E-state index contributed by atoms with van der Waals surface area (Å²) in [5.74, 6) is 1.85. The van der Waals surface area contributed by atoms with Crippen LogP contribution in [-0.4, -0.2) is 52.6 Å². The second-order valence-corrected chi connectivity index (χ2v) is 9.24. The summed E-state index contributed by atoms with van der Waals surface area (Å²) in [4.78, 5) is 14.9. The molecular formula is C21H28INO3. The highest BCUT2D eigenvalue weighted by molar-refractivity contribution is 14.1. The van der Waals surface area contributed by atoms with E-state index in [9.17, 15) is 9.90 Å². The van der Waals surface area contributed by atoms with Gasteiger partial charge >= 0.3 is 0 Å². The third-order valence-corrected chi connectivity index (χ3v) is 8.22. The fourth-order valence-electron chi connectivity index (χ4n) is 5.23. The molecule has 1 unspecified atom stereocenters. The highest BCUT2D eigenvalue weighted by Gasteiger charge is 2.62. The van der Waals surface area contributed by atoms with Crippen LogP contribution in [0.15, 0.2) is 18.2 Å². The Bertz CT molecular complexity index is 719. The molecule has 0 heterocycles. The molecule has 4 rings (SSSR count). The number of fused-ring (bicyclic) bond motifs is 3. The third kappa shape index (κ3) is 2.81. The molecule has 0 radical (unpaired) electrons. The first kappa shape index (κ1) is 18.7. The number of ether oxygens (including phenoxy) is 1. The van der Waals surface area contributed by atoms with Crippen molar-refractivity contribution in [2.75, 3.05) is 25.1 Å². The van der Waals surface area contributed by atoms with E-state index >= 15 is 0 Å². The largest absolute Gasteiger partial charge is 0.497 e. The fraction of sp³-hybridized carbons (Fsp3) is 0.667. The molecule has 0 saturated heterocycles. The Hall–Kier alpha value is -0.660. The predicted octanol–water partition coefficient (Wildman–Crippen LogP) is 3.12. The van der Waals surface area contributed by atoms with Gasteiger partial charge in [-0.2, -0.15) is 0 Å². The number of Topliss-reactive ketones (excluding diaryl/α,β-unsaturated/α-hetero) is 1. The minimum Gasteiger partial charge on any atom is -0.497 e. The van der Waals surface area contributed by atoms with Crippen LogP contribution in [0.4, 0.5) is 0 Å². The number of alkyl halides is 1. The zero-order chi connectivity index (χ0) is 18.5. The summed E-state index contributed by atoms with van der Waals surface area (Å²) in [6.07, 6.45) is 4.93. The van der Waals surface area contributed by atoms with Crippen LogP contribution in [0, 0.1) is 5.92 Å². The molecule has 1 N–H and O–H groups in total. The van der Waals surface area contributed by atoms with E-state index in [-0.39, 0.29) is 11.8 Å². The summed E-state index contributed by atoms with van der Waals surface area (Å²) in [5, 5.41) is 12.1. The van der Waals surface area contributed by atoms with Crippen molar-refractivity contribution in [3.05, 3.63) is 29.3 Å². The van der Waals surface area contributed by atoms with Crippen molar-refractivity contribution in [1.82, 2.24) is 4.90 Å². The van der Waals surface area contributed by atoms with Crippen molar-refractivity contribution >= 4 is 28.4 Å². The molecule has 0 bridgehead atoms. The number of likely N-dealkylation sites (N-methyl/N-ethyl adjacent to an activating group) is 1. The molecule has 2 saturated carbocycles. The van der Waals surface area contributed by atoms with Crippen molar-refractivity contribution in [2.45, 2.75) is 55.6 Å². The van der Waals surface area contributed by atoms with Gasteiger partial charge in [-0.1, -0.05) is 28.7 Å². The van der Waals surface area contributed by atoms with E-state index in [0.29, 0.717) is 19.3 Å². The van der Waals surface area contributed by atoms with Crippen LogP contribution in [0.1, 0.15) is 43.2 Å². The van der Waals surface area contributed by atoms with Crippen LogP contribution in [-0.2, 0) is 16.6 Å². The van der Waals surface area contributed by atoms with E-state index in [1.165, 1.54) is 18.4 Å². The first-order chi connectivity index (χ1) is 12.4. The number of methoxy groups -OCH3 is 1. The Labute approximate surface area is 169 Å². The van der Waals surface area contributed by atoms with Crippen molar-refractivity contribution < 1.29 is 14.6 Å². The normalized spacial score (nSPS) is 33.7. The van der Waals surface area contributed by atoms with Gasteiger partial charge in [0.25, 0.3) is 0 Å². The second kappa shape index (κ2) is 6.74. The number of rotatable bonds is 5. The molecule has 3 aliphatic carbocycles. The number of nitrogens with zero attached hydrogens (tertiary/aromatic N) is 1. The lowest BCUT2D eigenvalue weighted by Crippen LogP contribution is -2.69. The number of aliphatic hydroxyl groups is 1. The highest BCUT2D eigenvalue weighted by Crippen LogP contribution is 2.54. The van der Waals surface area contributed by atoms with Gasteiger partial charge in [0.1, 0.15) is 11.5 Å². The van der Waals surface area contributed by atoms with Crippen LogP contribution >= 0.6 is 22.6 Å². The van der Waals surface area contributed by atoms with Crippen molar-refractivity contribution in [2.24, 2.45) is 5.92 Å². The van der Waals surface area contributed by atoms with Gasteiger partial charge in [0.15, 0.2) is 0 Å². The molecule has 5 heteroatoms. The van der Waals surface area contributed by atoms with Crippen LogP contribution in [0.3, 0.4) is 0 Å². The second-order valence-electron chi connectivity index (χ2n) is 8.48. The van der Waals surface area contributed by atoms with E-state index in [2.05, 4.69) is 46.7 Å². The lowest BCUT2D eigenvalue weighted by atomic mass is 9.53. The SMILES string of the molecule is COc1ccc2c(c1)[C@]1(CI)CC(=O)CC[C@]1(O)C(N(C)CC1CC1)C2. The van der Waals surface area contributed by atoms with E-state index in [1.54, 1.807) is 7.11 Å². The van der Waals surface area contributed by atoms with Gasteiger partial charge in [0.05, 0.1) is 12.7 Å². The summed E-state index contributed by atoms with van der Waals surface area (Å²) in [6.45, 7) is 1.05. The van der Waals surface area contributed by atoms with Crippen LogP contribution in [0.5, 0.6) is 5.75 Å². The smallest absolute Gasteiger partial charge is 0.134 e. The van der Waals surface area contributed by atoms with Crippen LogP contribution in [0.2, 0.25) is 0 Å². The van der Waals surface area contributed by atoms with Gasteiger partial charge in [-0.05, 0) is 61.9 Å². The Morgan fingerprint density at radius 2 is 2.15 bits per heavy atom. The number of ketones is 1. The zero-order valence-corrected chi connectivity index (χ0v) is 17.8. The first-order valence-corrected chi connectivity index (χ1v) is 11.1. The zero-order valence-electron chi connectivity index (χ0n) is 15.6. The molecule has 26 heavy (non-hydrogen) atoms. The van der Waals surface area contributed by atoms with Crippen molar-refractivity contribution in [3.8, 4) is 5.75 Å². The average Bonchev–Trinajstić information content (AvgIpc) is 3.45. The Morgan fingerprint density at radius 1 is 1.38 bits per heavy atom. The summed E-state index contributed by atoms with van der Waals surface area (Å²) in [5.41, 5.74) is 0.992. The molecule has 1 aromatic carbocycles. The third-order valence-electron chi connectivity index (χ3n) is 6.91. The lowest BCUT2D eigenvalue weighted by Gasteiger charge is -2.58. The lowest BCUT2D eigenvalue weighted by molar-refractivity contribution is -0.147. The molecule has 1 aromatic rings. The Balaban J connectivity index is 1.84. The summed E-state index contributed by atoms with van der Waals surface area (Å²) in [6, 6.07) is 6.27. The standard InChI is InChI=1S/C21H28INO3/c1-23(12-14-3-4-14)19-9-15-5-6-17(26-2)10-18(15)20(13-22)11-16(24)7-8-21(19,20)25/h5-6,10,14,19,25H,3-4,7-9,11-13H2,1-2H3/t19?,20-,21+/m1/s1. The Kier molecular flexibility index (Phi) is 4.85. The van der Waals surface area contributed by atoms with Crippen molar-refractivity contribution in [3.63, 3.8) is 0 Å². The monoisotopic (exact) mass is 469 g/mol. The molecule has 2 fully saturated rings. The van der Waals surface area contributed by atoms with Gasteiger partial charge in [0, 0.05) is 35.3 Å². The first-order valence-electron chi connectivity index (χ1n) is 9.61. The quantitative estimate of drug-likeness (QED) is 0.532. The van der Waals surface area contributed by atoms with E-state index in [4.69, 9.17) is 4.74 Å². The maximum atomic E-state index is 12.5. The minimum atomic E-state index is -0.870.